The molecule has 5 heteroatoms. The van der Waals surface area contributed by atoms with Gasteiger partial charge in [0.15, 0.2) is 0 Å². The summed E-state index contributed by atoms with van der Waals surface area (Å²) >= 11 is 0. The summed E-state index contributed by atoms with van der Waals surface area (Å²) in [6.07, 6.45) is 1.82. The first-order valence-electron chi connectivity index (χ1n) is 7.97. The van der Waals surface area contributed by atoms with Crippen LogP contribution >= 0.6 is 0 Å². The van der Waals surface area contributed by atoms with Crippen molar-refractivity contribution in [1.82, 2.24) is 14.5 Å². The summed E-state index contributed by atoms with van der Waals surface area (Å²) in [6.45, 7) is 7.97. The molecule has 2 heterocycles. The average molecular weight is 313 g/mol. The molecule has 0 aliphatic rings. The predicted octanol–water partition coefficient (Wildman–Crippen LogP) is 3.14. The summed E-state index contributed by atoms with van der Waals surface area (Å²) in [5.74, 6) is 0.876. The molecule has 1 N–H and O–H groups in total. The molecule has 23 heavy (non-hydrogen) atoms. The molecule has 0 radical (unpaired) electrons. The maximum absolute atomic E-state index is 9.67. The number of hydrogen-bond donors (Lipinski definition) is 1. The second kappa shape index (κ2) is 6.26. The van der Waals surface area contributed by atoms with Crippen molar-refractivity contribution in [3.63, 3.8) is 0 Å². The minimum atomic E-state index is -0.237. The van der Waals surface area contributed by atoms with Crippen LogP contribution in [-0.4, -0.2) is 32.9 Å². The summed E-state index contributed by atoms with van der Waals surface area (Å²) < 4.78 is 7.76. The van der Waals surface area contributed by atoms with E-state index in [0.717, 1.165) is 27.8 Å². The van der Waals surface area contributed by atoms with Crippen molar-refractivity contribution in [3.8, 4) is 0 Å². The quantitative estimate of drug-likeness (QED) is 0.759. The van der Waals surface area contributed by atoms with E-state index in [4.69, 9.17) is 9.72 Å². The van der Waals surface area contributed by atoms with Gasteiger partial charge in [-0.15, -0.1) is 0 Å². The molecule has 0 aliphatic heterocycles. The van der Waals surface area contributed by atoms with Gasteiger partial charge in [-0.2, -0.15) is 0 Å². The van der Waals surface area contributed by atoms with Crippen LogP contribution in [0.3, 0.4) is 0 Å². The third-order valence-corrected chi connectivity index (χ3v) is 4.01. The van der Waals surface area contributed by atoms with E-state index in [9.17, 15) is 5.11 Å². The van der Waals surface area contributed by atoms with Crippen LogP contribution in [0.1, 0.15) is 26.6 Å². The zero-order valence-corrected chi connectivity index (χ0v) is 13.9. The minimum Gasteiger partial charge on any atom is -0.396 e. The number of pyridine rings is 1. The number of aliphatic hydroxyl groups is 1. The first-order valence-corrected chi connectivity index (χ1v) is 7.97. The van der Waals surface area contributed by atoms with Crippen molar-refractivity contribution in [2.75, 3.05) is 13.2 Å². The maximum atomic E-state index is 9.67. The van der Waals surface area contributed by atoms with Crippen molar-refractivity contribution in [3.05, 3.63) is 36.3 Å². The molecule has 0 unspecified atom stereocenters. The van der Waals surface area contributed by atoms with Crippen LogP contribution < -0.4 is 0 Å². The van der Waals surface area contributed by atoms with Crippen LogP contribution in [-0.2, 0) is 17.9 Å². The molecule has 122 valence electrons. The van der Waals surface area contributed by atoms with Gasteiger partial charge in [-0.25, -0.2) is 4.98 Å². The number of imidazole rings is 1. The van der Waals surface area contributed by atoms with Gasteiger partial charge in [0.25, 0.3) is 0 Å². The van der Waals surface area contributed by atoms with Crippen molar-refractivity contribution in [2.24, 2.45) is 5.41 Å². The lowest BCUT2D eigenvalue weighted by atomic mass is 9.94. The Morgan fingerprint density at radius 3 is 2.74 bits per heavy atom. The molecule has 0 aliphatic carbocycles. The van der Waals surface area contributed by atoms with Crippen LogP contribution in [0.5, 0.6) is 0 Å². The standard InChI is InChI=1S/C18H23N3O2/c1-4-23-10-16-20-15-9-19-14-8-6-5-7-13(14)17(15)21(16)11-18(2,3)12-22/h5-9,22H,4,10-12H2,1-3H3. The van der Waals surface area contributed by atoms with Crippen molar-refractivity contribution in [1.29, 1.82) is 0 Å². The van der Waals surface area contributed by atoms with E-state index in [1.807, 2.05) is 45.2 Å². The predicted molar refractivity (Wildman–Crippen MR) is 91.2 cm³/mol. The van der Waals surface area contributed by atoms with Crippen molar-refractivity contribution >= 4 is 21.9 Å². The molecular weight excluding hydrogens is 290 g/mol. The van der Waals surface area contributed by atoms with E-state index in [0.29, 0.717) is 19.8 Å². The van der Waals surface area contributed by atoms with E-state index in [1.54, 1.807) is 0 Å². The number of rotatable bonds is 6. The van der Waals surface area contributed by atoms with Gasteiger partial charge in [0.2, 0.25) is 0 Å². The Kier molecular flexibility index (Phi) is 4.33. The highest BCUT2D eigenvalue weighted by Crippen LogP contribution is 2.28. The Labute approximate surface area is 135 Å². The van der Waals surface area contributed by atoms with Crippen LogP contribution in [0.4, 0.5) is 0 Å². The first-order chi connectivity index (χ1) is 11.1. The summed E-state index contributed by atoms with van der Waals surface area (Å²) in [4.78, 5) is 9.21. The third kappa shape index (κ3) is 3.07. The fraction of sp³-hybridized carbons (Fsp3) is 0.444. The number of aliphatic hydroxyl groups excluding tert-OH is 1. The Balaban J connectivity index is 2.23. The van der Waals surface area contributed by atoms with Gasteiger partial charge >= 0.3 is 0 Å². The number of benzene rings is 1. The van der Waals surface area contributed by atoms with E-state index in [2.05, 4.69) is 15.6 Å². The SMILES string of the molecule is CCOCc1nc2cnc3ccccc3c2n1CC(C)(C)CO. The zero-order valence-electron chi connectivity index (χ0n) is 13.9. The number of nitrogens with zero attached hydrogens (tertiary/aromatic N) is 3. The van der Waals surface area contributed by atoms with Crippen molar-refractivity contribution < 1.29 is 9.84 Å². The van der Waals surface area contributed by atoms with Crippen LogP contribution in [0.2, 0.25) is 0 Å². The Morgan fingerprint density at radius 1 is 1.22 bits per heavy atom. The Hall–Kier alpha value is -1.98. The number of hydrogen-bond acceptors (Lipinski definition) is 4. The van der Waals surface area contributed by atoms with Gasteiger partial charge in [-0.05, 0) is 13.0 Å². The molecule has 2 aromatic heterocycles. The largest absolute Gasteiger partial charge is 0.396 e. The van der Waals surface area contributed by atoms with Crippen LogP contribution in [0, 0.1) is 5.41 Å². The highest BCUT2D eigenvalue weighted by molar-refractivity contribution is 6.02. The minimum absolute atomic E-state index is 0.115. The van der Waals surface area contributed by atoms with E-state index < -0.39 is 0 Å². The summed E-state index contributed by atoms with van der Waals surface area (Å²) in [5.41, 5.74) is 2.64. The molecular formula is C18H23N3O2. The Bertz CT molecular complexity index is 824. The molecule has 0 spiro atoms. The Morgan fingerprint density at radius 2 is 2.00 bits per heavy atom. The third-order valence-electron chi connectivity index (χ3n) is 4.01. The van der Waals surface area contributed by atoms with E-state index in [-0.39, 0.29) is 12.0 Å². The lowest BCUT2D eigenvalue weighted by molar-refractivity contribution is 0.115. The fourth-order valence-corrected chi connectivity index (χ4v) is 2.76. The van der Waals surface area contributed by atoms with Crippen molar-refractivity contribution in [2.45, 2.75) is 33.9 Å². The maximum Gasteiger partial charge on any atom is 0.136 e. The molecule has 0 atom stereocenters. The molecule has 0 saturated heterocycles. The molecule has 1 aromatic carbocycles. The molecule has 3 rings (SSSR count). The van der Waals surface area contributed by atoms with Gasteiger partial charge in [0, 0.05) is 30.6 Å². The van der Waals surface area contributed by atoms with E-state index in [1.165, 1.54) is 0 Å². The molecule has 0 saturated carbocycles. The van der Waals surface area contributed by atoms with Gasteiger partial charge in [-0.3, -0.25) is 4.98 Å². The van der Waals surface area contributed by atoms with Gasteiger partial charge in [-0.1, -0.05) is 32.0 Å². The molecule has 0 amide bonds. The normalized spacial score (nSPS) is 12.3. The zero-order chi connectivity index (χ0) is 16.4. The van der Waals surface area contributed by atoms with Gasteiger partial charge in [0.05, 0.1) is 17.2 Å². The van der Waals surface area contributed by atoms with E-state index >= 15 is 0 Å². The van der Waals surface area contributed by atoms with Gasteiger partial charge in [0.1, 0.15) is 17.9 Å². The molecule has 0 fully saturated rings. The summed E-state index contributed by atoms with van der Waals surface area (Å²) in [5, 5.41) is 10.7. The molecule has 3 aromatic rings. The average Bonchev–Trinajstić information content (AvgIpc) is 2.90. The topological polar surface area (TPSA) is 60.2 Å². The number of aromatic nitrogens is 3. The molecule has 5 nitrogen and oxygen atoms in total. The summed E-state index contributed by atoms with van der Waals surface area (Å²) in [7, 11) is 0. The molecule has 0 bridgehead atoms. The second-order valence-corrected chi connectivity index (χ2v) is 6.58. The first kappa shape index (κ1) is 15.9. The number of ether oxygens (including phenoxy) is 1. The second-order valence-electron chi connectivity index (χ2n) is 6.58. The lowest BCUT2D eigenvalue weighted by Gasteiger charge is -2.24. The highest BCUT2D eigenvalue weighted by Gasteiger charge is 2.22. The lowest BCUT2D eigenvalue weighted by Crippen LogP contribution is -2.25. The fourth-order valence-electron chi connectivity index (χ4n) is 2.76. The van der Waals surface area contributed by atoms with Gasteiger partial charge < -0.3 is 14.4 Å². The number of fused-ring (bicyclic) bond motifs is 3. The monoisotopic (exact) mass is 313 g/mol. The van der Waals surface area contributed by atoms with Crippen LogP contribution in [0.25, 0.3) is 21.9 Å². The number of para-hydroxylation sites is 1. The van der Waals surface area contributed by atoms with Crippen LogP contribution in [0.15, 0.2) is 30.5 Å². The highest BCUT2D eigenvalue weighted by atomic mass is 16.5. The summed E-state index contributed by atoms with van der Waals surface area (Å²) in [6, 6.07) is 8.08. The smallest absolute Gasteiger partial charge is 0.136 e.